The van der Waals surface area contributed by atoms with E-state index in [4.69, 9.17) is 11.6 Å². The van der Waals surface area contributed by atoms with E-state index < -0.39 is 23.4 Å². The first-order valence-electron chi connectivity index (χ1n) is 5.75. The van der Waals surface area contributed by atoms with E-state index in [1.807, 2.05) is 0 Å². The molecule has 2 aromatic rings. The topological polar surface area (TPSA) is 29.1 Å². The maximum absolute atomic E-state index is 13.6. The highest BCUT2D eigenvalue weighted by molar-refractivity contribution is 9.10. The normalized spacial score (nSPS) is 10.5. The summed E-state index contributed by atoms with van der Waals surface area (Å²) < 4.78 is 39.8. The van der Waals surface area contributed by atoms with Gasteiger partial charge in [0.05, 0.1) is 10.6 Å². The van der Waals surface area contributed by atoms with Crippen molar-refractivity contribution in [2.24, 2.45) is 0 Å². The predicted molar refractivity (Wildman–Crippen MR) is 76.6 cm³/mol. The third-order valence-electron chi connectivity index (χ3n) is 2.69. The Labute approximate surface area is 132 Å². The lowest BCUT2D eigenvalue weighted by Crippen LogP contribution is -2.24. The van der Waals surface area contributed by atoms with Crippen LogP contribution in [0.15, 0.2) is 34.8 Å². The molecule has 0 heterocycles. The average Bonchev–Trinajstić information content (AvgIpc) is 2.44. The Morgan fingerprint density at radius 1 is 1.10 bits per heavy atom. The molecular formula is C14H8BrClF3NO. The monoisotopic (exact) mass is 377 g/mol. The second-order valence-electron chi connectivity index (χ2n) is 4.18. The van der Waals surface area contributed by atoms with Gasteiger partial charge in [-0.15, -0.1) is 0 Å². The summed E-state index contributed by atoms with van der Waals surface area (Å²) in [5, 5.41) is 2.56. The van der Waals surface area contributed by atoms with Crippen molar-refractivity contribution in [2.45, 2.75) is 6.54 Å². The van der Waals surface area contributed by atoms with Crippen molar-refractivity contribution in [1.82, 2.24) is 5.32 Å². The molecule has 2 rings (SSSR count). The molecule has 0 fully saturated rings. The Kier molecular flexibility index (Phi) is 4.90. The first kappa shape index (κ1) is 15.9. The predicted octanol–water partition coefficient (Wildman–Crippen LogP) is 4.45. The third-order valence-corrected chi connectivity index (χ3v) is 3.89. The fourth-order valence-electron chi connectivity index (χ4n) is 1.62. The zero-order chi connectivity index (χ0) is 15.6. The molecule has 7 heteroatoms. The van der Waals surface area contributed by atoms with Crippen molar-refractivity contribution in [2.75, 3.05) is 0 Å². The van der Waals surface area contributed by atoms with Crippen LogP contribution in [0.2, 0.25) is 5.02 Å². The zero-order valence-corrected chi connectivity index (χ0v) is 12.7. The molecule has 0 atom stereocenters. The first-order chi connectivity index (χ1) is 9.88. The van der Waals surface area contributed by atoms with Crippen molar-refractivity contribution < 1.29 is 18.0 Å². The molecule has 21 heavy (non-hydrogen) atoms. The van der Waals surface area contributed by atoms with Gasteiger partial charge in [-0.2, -0.15) is 0 Å². The van der Waals surface area contributed by atoms with Crippen molar-refractivity contribution in [3.05, 3.63) is 68.4 Å². The molecule has 0 aliphatic carbocycles. The van der Waals surface area contributed by atoms with Gasteiger partial charge >= 0.3 is 0 Å². The molecule has 0 saturated carbocycles. The minimum Gasteiger partial charge on any atom is -0.348 e. The van der Waals surface area contributed by atoms with Gasteiger partial charge in [0.25, 0.3) is 5.91 Å². The molecule has 0 bridgehead atoms. The molecule has 0 unspecified atom stereocenters. The molecule has 0 spiro atoms. The standard InChI is InChI=1S/C14H8BrClF3NO/c15-9-4-8(12(18)5-10(9)16)14(21)20-6-7-1-2-11(17)13(19)3-7/h1-5H,6H2,(H,20,21). The maximum Gasteiger partial charge on any atom is 0.254 e. The maximum atomic E-state index is 13.6. The van der Waals surface area contributed by atoms with Crippen LogP contribution < -0.4 is 5.32 Å². The van der Waals surface area contributed by atoms with Crippen LogP contribution in [0, 0.1) is 17.5 Å². The third kappa shape index (κ3) is 3.77. The summed E-state index contributed by atoms with van der Waals surface area (Å²) in [5.41, 5.74) is 0.157. The van der Waals surface area contributed by atoms with E-state index in [9.17, 15) is 18.0 Å². The van der Waals surface area contributed by atoms with Crippen LogP contribution in [-0.2, 0) is 6.54 Å². The summed E-state index contributed by atoms with van der Waals surface area (Å²) in [5.74, 6) is -3.44. The lowest BCUT2D eigenvalue weighted by molar-refractivity contribution is 0.0946. The summed E-state index contributed by atoms with van der Waals surface area (Å²) in [6.45, 7) is -0.0598. The Morgan fingerprint density at radius 3 is 2.48 bits per heavy atom. The number of hydrogen-bond donors (Lipinski definition) is 1. The van der Waals surface area contributed by atoms with E-state index in [1.165, 1.54) is 12.1 Å². The van der Waals surface area contributed by atoms with Crippen molar-refractivity contribution in [1.29, 1.82) is 0 Å². The molecule has 0 aliphatic rings. The highest BCUT2D eigenvalue weighted by atomic mass is 79.9. The molecule has 110 valence electrons. The van der Waals surface area contributed by atoms with Gasteiger partial charge in [0, 0.05) is 11.0 Å². The van der Waals surface area contributed by atoms with E-state index in [0.29, 0.717) is 10.0 Å². The Morgan fingerprint density at radius 2 is 1.81 bits per heavy atom. The SMILES string of the molecule is O=C(NCc1ccc(F)c(F)c1)c1cc(Br)c(Cl)cc1F. The van der Waals surface area contributed by atoms with E-state index in [0.717, 1.165) is 18.2 Å². The highest BCUT2D eigenvalue weighted by Crippen LogP contribution is 2.25. The number of hydrogen-bond acceptors (Lipinski definition) is 1. The fraction of sp³-hybridized carbons (Fsp3) is 0.0714. The summed E-state index contributed by atoms with van der Waals surface area (Å²) in [4.78, 5) is 11.9. The summed E-state index contributed by atoms with van der Waals surface area (Å²) in [6, 6.07) is 5.50. The van der Waals surface area contributed by atoms with Crippen molar-refractivity contribution >= 4 is 33.4 Å². The molecule has 0 saturated heterocycles. The molecule has 1 N–H and O–H groups in total. The van der Waals surface area contributed by atoms with Gasteiger partial charge in [-0.25, -0.2) is 13.2 Å². The fourth-order valence-corrected chi connectivity index (χ4v) is 2.12. The highest BCUT2D eigenvalue weighted by Gasteiger charge is 2.14. The largest absolute Gasteiger partial charge is 0.348 e. The van der Waals surface area contributed by atoms with Crippen LogP contribution in [0.25, 0.3) is 0 Å². The molecule has 0 aromatic heterocycles. The van der Waals surface area contributed by atoms with Gasteiger partial charge in [-0.1, -0.05) is 17.7 Å². The lowest BCUT2D eigenvalue weighted by atomic mass is 10.1. The van der Waals surface area contributed by atoms with Gasteiger partial charge in [-0.05, 0) is 45.8 Å². The van der Waals surface area contributed by atoms with E-state index >= 15 is 0 Å². The van der Waals surface area contributed by atoms with Crippen molar-refractivity contribution in [3.63, 3.8) is 0 Å². The van der Waals surface area contributed by atoms with Crippen LogP contribution in [0.4, 0.5) is 13.2 Å². The van der Waals surface area contributed by atoms with Gasteiger partial charge in [-0.3, -0.25) is 4.79 Å². The van der Waals surface area contributed by atoms with Gasteiger partial charge in [0.15, 0.2) is 11.6 Å². The van der Waals surface area contributed by atoms with Crippen LogP contribution >= 0.6 is 27.5 Å². The van der Waals surface area contributed by atoms with Crippen LogP contribution in [0.5, 0.6) is 0 Å². The number of rotatable bonds is 3. The molecule has 0 aliphatic heterocycles. The summed E-state index contributed by atoms with van der Waals surface area (Å²) in [7, 11) is 0. The van der Waals surface area contributed by atoms with Crippen LogP contribution in [0.1, 0.15) is 15.9 Å². The second-order valence-corrected chi connectivity index (χ2v) is 5.44. The second kappa shape index (κ2) is 6.49. The number of nitrogens with one attached hydrogen (secondary N) is 1. The summed E-state index contributed by atoms with van der Waals surface area (Å²) in [6.07, 6.45) is 0. The van der Waals surface area contributed by atoms with E-state index in [2.05, 4.69) is 21.2 Å². The smallest absolute Gasteiger partial charge is 0.254 e. The quantitative estimate of drug-likeness (QED) is 0.786. The molecule has 2 nitrogen and oxygen atoms in total. The van der Waals surface area contributed by atoms with Gasteiger partial charge < -0.3 is 5.32 Å². The van der Waals surface area contributed by atoms with Crippen LogP contribution in [0.3, 0.4) is 0 Å². The van der Waals surface area contributed by atoms with E-state index in [1.54, 1.807) is 0 Å². The summed E-state index contributed by atoms with van der Waals surface area (Å²) >= 11 is 8.79. The van der Waals surface area contributed by atoms with E-state index in [-0.39, 0.29) is 17.1 Å². The molecule has 1 amide bonds. The number of halogens is 5. The lowest BCUT2D eigenvalue weighted by Gasteiger charge is -2.08. The number of benzene rings is 2. The number of amides is 1. The Bertz CT molecular complexity index is 709. The molecular weight excluding hydrogens is 371 g/mol. The Hall–Kier alpha value is -1.53. The molecule has 2 aromatic carbocycles. The average molecular weight is 379 g/mol. The number of carbonyl (C=O) groups is 1. The Balaban J connectivity index is 2.11. The minimum atomic E-state index is -1.01. The zero-order valence-electron chi connectivity index (χ0n) is 10.4. The first-order valence-corrected chi connectivity index (χ1v) is 6.92. The van der Waals surface area contributed by atoms with Crippen LogP contribution in [-0.4, -0.2) is 5.91 Å². The number of carbonyl (C=O) groups excluding carboxylic acids is 1. The van der Waals surface area contributed by atoms with Gasteiger partial charge in [0.1, 0.15) is 5.82 Å². The van der Waals surface area contributed by atoms with Gasteiger partial charge in [0.2, 0.25) is 0 Å². The molecule has 0 radical (unpaired) electrons. The van der Waals surface area contributed by atoms with Crippen molar-refractivity contribution in [3.8, 4) is 0 Å². The minimum absolute atomic E-state index is 0.0598.